The van der Waals surface area contributed by atoms with Gasteiger partial charge in [0, 0.05) is 24.7 Å². The molecule has 0 atom stereocenters. The Bertz CT molecular complexity index is 668. The molecule has 0 saturated heterocycles. The first-order chi connectivity index (χ1) is 9.96. The minimum absolute atomic E-state index is 0.220. The molecule has 2 N–H and O–H groups in total. The summed E-state index contributed by atoms with van der Waals surface area (Å²) in [5.74, 6) is -0.548. The average Bonchev–Trinajstić information content (AvgIpc) is 3.02. The summed E-state index contributed by atoms with van der Waals surface area (Å²) in [5.41, 5.74) is 1.73. The highest BCUT2D eigenvalue weighted by molar-refractivity contribution is 7.14. The number of aromatic nitrogens is 2. The van der Waals surface area contributed by atoms with Crippen LogP contribution >= 0.6 is 11.3 Å². The van der Waals surface area contributed by atoms with Crippen LogP contribution in [-0.4, -0.2) is 28.6 Å². The molecule has 2 aromatic heterocycles. The number of hydrogen-bond donors (Lipinski definition) is 2. The van der Waals surface area contributed by atoms with Crippen molar-refractivity contribution >= 4 is 28.8 Å². The van der Waals surface area contributed by atoms with Crippen LogP contribution in [0.15, 0.2) is 12.3 Å². The molecule has 6 nitrogen and oxygen atoms in total. The van der Waals surface area contributed by atoms with Crippen LogP contribution in [0.2, 0.25) is 0 Å². The van der Waals surface area contributed by atoms with Crippen molar-refractivity contribution in [1.29, 1.82) is 0 Å². The number of nitrogens with one attached hydrogen (secondary N) is 2. The number of thiophene rings is 1. The third-order valence-corrected chi connectivity index (χ3v) is 4.32. The maximum atomic E-state index is 12.3. The Morgan fingerprint density at radius 1 is 1.33 bits per heavy atom. The minimum atomic E-state index is -0.323. The molecule has 0 saturated carbocycles. The highest BCUT2D eigenvalue weighted by Gasteiger charge is 2.19. The van der Waals surface area contributed by atoms with Crippen LogP contribution in [0.3, 0.4) is 0 Å². The standard InChI is InChI=1S/C14H18N4O2S/c1-5-18-7-10(12(17-18)14(20)15-4)16-13(19)11-6-8(2)9(3)21-11/h6-7H,5H2,1-4H3,(H,15,20)(H,16,19). The lowest BCUT2D eigenvalue weighted by Crippen LogP contribution is -2.21. The lowest BCUT2D eigenvalue weighted by Gasteiger charge is -2.02. The Morgan fingerprint density at radius 2 is 2.05 bits per heavy atom. The zero-order chi connectivity index (χ0) is 15.6. The largest absolute Gasteiger partial charge is 0.354 e. The molecule has 0 spiro atoms. The van der Waals surface area contributed by atoms with Crippen LogP contribution in [0, 0.1) is 13.8 Å². The van der Waals surface area contributed by atoms with Crippen molar-refractivity contribution in [3.05, 3.63) is 33.3 Å². The molecule has 0 aliphatic rings. The third kappa shape index (κ3) is 3.13. The number of rotatable bonds is 4. The van der Waals surface area contributed by atoms with Crippen LogP contribution in [-0.2, 0) is 6.54 Å². The van der Waals surface area contributed by atoms with Crippen LogP contribution in [0.1, 0.15) is 37.5 Å². The number of aryl methyl sites for hydroxylation is 3. The Hall–Kier alpha value is -2.15. The van der Waals surface area contributed by atoms with Gasteiger partial charge in [0.05, 0.1) is 10.6 Å². The molecule has 112 valence electrons. The maximum Gasteiger partial charge on any atom is 0.273 e. The SMILES string of the molecule is CCn1cc(NC(=O)c2cc(C)c(C)s2)c(C(=O)NC)n1. The predicted octanol–water partition coefficient (Wildman–Crippen LogP) is 2.19. The van der Waals surface area contributed by atoms with Crippen molar-refractivity contribution in [3.63, 3.8) is 0 Å². The summed E-state index contributed by atoms with van der Waals surface area (Å²) in [4.78, 5) is 25.8. The molecule has 0 fully saturated rings. The second kappa shape index (κ2) is 6.09. The Kier molecular flexibility index (Phi) is 4.42. The summed E-state index contributed by atoms with van der Waals surface area (Å²) in [7, 11) is 1.53. The molecular weight excluding hydrogens is 288 g/mol. The number of anilines is 1. The van der Waals surface area contributed by atoms with Gasteiger partial charge in [-0.1, -0.05) is 0 Å². The van der Waals surface area contributed by atoms with E-state index < -0.39 is 0 Å². The van der Waals surface area contributed by atoms with Gasteiger partial charge < -0.3 is 10.6 Å². The second-order valence-electron chi connectivity index (χ2n) is 4.63. The Morgan fingerprint density at radius 3 is 2.57 bits per heavy atom. The van der Waals surface area contributed by atoms with E-state index in [1.54, 1.807) is 10.9 Å². The van der Waals surface area contributed by atoms with Gasteiger partial charge in [0.2, 0.25) is 0 Å². The van der Waals surface area contributed by atoms with E-state index in [0.717, 1.165) is 10.4 Å². The molecule has 0 aliphatic heterocycles. The van der Waals surface area contributed by atoms with E-state index in [9.17, 15) is 9.59 Å². The first-order valence-corrected chi connectivity index (χ1v) is 7.45. The molecule has 7 heteroatoms. The highest BCUT2D eigenvalue weighted by atomic mass is 32.1. The van der Waals surface area contributed by atoms with Crippen molar-refractivity contribution in [3.8, 4) is 0 Å². The average molecular weight is 306 g/mol. The monoisotopic (exact) mass is 306 g/mol. The van der Waals surface area contributed by atoms with Crippen molar-refractivity contribution in [2.24, 2.45) is 0 Å². The number of carbonyl (C=O) groups excluding carboxylic acids is 2. The molecule has 0 aliphatic carbocycles. The molecule has 2 rings (SSSR count). The Balaban J connectivity index is 2.28. The normalized spacial score (nSPS) is 10.5. The van der Waals surface area contributed by atoms with E-state index in [-0.39, 0.29) is 17.5 Å². The Labute approximate surface area is 127 Å². The van der Waals surface area contributed by atoms with E-state index in [2.05, 4.69) is 15.7 Å². The molecule has 2 amide bonds. The molecule has 2 heterocycles. The number of nitrogens with zero attached hydrogens (tertiary/aromatic N) is 2. The van der Waals surface area contributed by atoms with E-state index in [1.807, 2.05) is 26.8 Å². The summed E-state index contributed by atoms with van der Waals surface area (Å²) in [6, 6.07) is 1.85. The van der Waals surface area contributed by atoms with Gasteiger partial charge in [-0.05, 0) is 32.4 Å². The van der Waals surface area contributed by atoms with Crippen LogP contribution in [0.5, 0.6) is 0 Å². The van der Waals surface area contributed by atoms with Gasteiger partial charge >= 0.3 is 0 Å². The van der Waals surface area contributed by atoms with Crippen molar-refractivity contribution < 1.29 is 9.59 Å². The molecular formula is C14H18N4O2S. The van der Waals surface area contributed by atoms with E-state index in [1.165, 1.54) is 18.4 Å². The zero-order valence-corrected chi connectivity index (χ0v) is 13.3. The summed E-state index contributed by atoms with van der Waals surface area (Å²) < 4.78 is 1.62. The molecule has 21 heavy (non-hydrogen) atoms. The number of amides is 2. The molecule has 0 unspecified atom stereocenters. The fourth-order valence-electron chi connectivity index (χ4n) is 1.83. The first-order valence-electron chi connectivity index (χ1n) is 6.64. The van der Waals surface area contributed by atoms with Gasteiger partial charge in [0.25, 0.3) is 11.8 Å². The molecule has 0 aromatic carbocycles. The van der Waals surface area contributed by atoms with Gasteiger partial charge in [-0.15, -0.1) is 11.3 Å². The van der Waals surface area contributed by atoms with Gasteiger partial charge in [-0.25, -0.2) is 0 Å². The lowest BCUT2D eigenvalue weighted by atomic mass is 10.2. The fourth-order valence-corrected chi connectivity index (χ4v) is 2.76. The van der Waals surface area contributed by atoms with Crippen LogP contribution in [0.25, 0.3) is 0 Å². The predicted molar refractivity (Wildman–Crippen MR) is 83.0 cm³/mol. The first kappa shape index (κ1) is 15.2. The summed E-state index contributed by atoms with van der Waals surface area (Å²) in [6.07, 6.45) is 1.66. The summed E-state index contributed by atoms with van der Waals surface area (Å²) in [5, 5.41) is 9.45. The zero-order valence-electron chi connectivity index (χ0n) is 12.5. The topological polar surface area (TPSA) is 76.0 Å². The number of carbonyl (C=O) groups is 2. The highest BCUT2D eigenvalue weighted by Crippen LogP contribution is 2.22. The molecule has 0 radical (unpaired) electrons. The lowest BCUT2D eigenvalue weighted by molar-refractivity contribution is 0.0958. The van der Waals surface area contributed by atoms with Gasteiger partial charge in [0.1, 0.15) is 0 Å². The van der Waals surface area contributed by atoms with Crippen molar-refractivity contribution in [1.82, 2.24) is 15.1 Å². The van der Waals surface area contributed by atoms with Gasteiger partial charge in [0.15, 0.2) is 5.69 Å². The summed E-state index contributed by atoms with van der Waals surface area (Å²) >= 11 is 1.43. The van der Waals surface area contributed by atoms with Crippen LogP contribution < -0.4 is 10.6 Å². The maximum absolute atomic E-state index is 12.3. The number of hydrogen-bond acceptors (Lipinski definition) is 4. The van der Waals surface area contributed by atoms with Gasteiger partial charge in [-0.3, -0.25) is 14.3 Å². The summed E-state index contributed by atoms with van der Waals surface area (Å²) in [6.45, 7) is 6.48. The van der Waals surface area contributed by atoms with E-state index in [4.69, 9.17) is 0 Å². The third-order valence-electron chi connectivity index (χ3n) is 3.17. The fraction of sp³-hybridized carbons (Fsp3) is 0.357. The molecule has 2 aromatic rings. The van der Waals surface area contributed by atoms with Crippen LogP contribution in [0.4, 0.5) is 5.69 Å². The van der Waals surface area contributed by atoms with Gasteiger partial charge in [-0.2, -0.15) is 5.10 Å². The molecule has 0 bridgehead atoms. The smallest absolute Gasteiger partial charge is 0.273 e. The quantitative estimate of drug-likeness (QED) is 0.909. The van der Waals surface area contributed by atoms with Crippen molar-refractivity contribution in [2.45, 2.75) is 27.3 Å². The minimum Gasteiger partial charge on any atom is -0.354 e. The van der Waals surface area contributed by atoms with E-state index in [0.29, 0.717) is 17.1 Å². The van der Waals surface area contributed by atoms with Crippen molar-refractivity contribution in [2.75, 3.05) is 12.4 Å². The van der Waals surface area contributed by atoms with E-state index >= 15 is 0 Å². The second-order valence-corrected chi connectivity index (χ2v) is 5.89.